The zero-order valence-electron chi connectivity index (χ0n) is 21.5. The maximum atomic E-state index is 13.7. The van der Waals surface area contributed by atoms with Gasteiger partial charge in [0.15, 0.2) is 0 Å². The van der Waals surface area contributed by atoms with Crippen molar-refractivity contribution in [1.82, 2.24) is 14.8 Å². The van der Waals surface area contributed by atoms with Crippen molar-refractivity contribution in [1.29, 1.82) is 0 Å². The van der Waals surface area contributed by atoms with Crippen LogP contribution >= 0.6 is 0 Å². The van der Waals surface area contributed by atoms with Crippen LogP contribution in [0.3, 0.4) is 0 Å². The van der Waals surface area contributed by atoms with Crippen molar-refractivity contribution in [3.63, 3.8) is 0 Å². The van der Waals surface area contributed by atoms with Gasteiger partial charge < -0.3 is 0 Å². The van der Waals surface area contributed by atoms with Gasteiger partial charge in [-0.05, 0) is 47.7 Å². The highest BCUT2D eigenvalue weighted by Gasteiger charge is 2.27. The van der Waals surface area contributed by atoms with Crippen LogP contribution in [0.4, 0.5) is 5.82 Å². The molecular formula is C30H38N4O. The van der Waals surface area contributed by atoms with Gasteiger partial charge in [0, 0.05) is 57.1 Å². The van der Waals surface area contributed by atoms with Gasteiger partial charge in [-0.2, -0.15) is 0 Å². The molecule has 2 heterocycles. The van der Waals surface area contributed by atoms with E-state index >= 15 is 0 Å². The lowest BCUT2D eigenvalue weighted by molar-refractivity contribution is 0.0949. The minimum absolute atomic E-state index is 0.000339. The molecule has 0 aliphatic carbocycles. The molecule has 4 rings (SSSR count). The summed E-state index contributed by atoms with van der Waals surface area (Å²) in [5, 5.41) is 0. The van der Waals surface area contributed by atoms with E-state index in [1.165, 1.54) is 11.1 Å². The molecule has 0 saturated carbocycles. The van der Waals surface area contributed by atoms with Gasteiger partial charge in [-0.25, -0.2) is 4.98 Å². The van der Waals surface area contributed by atoms with E-state index < -0.39 is 0 Å². The van der Waals surface area contributed by atoms with E-state index in [4.69, 9.17) is 0 Å². The highest BCUT2D eigenvalue weighted by atomic mass is 16.2. The Morgan fingerprint density at radius 3 is 2.11 bits per heavy atom. The highest BCUT2D eigenvalue weighted by molar-refractivity contribution is 6.06. The van der Waals surface area contributed by atoms with Gasteiger partial charge in [0.1, 0.15) is 5.82 Å². The van der Waals surface area contributed by atoms with Crippen LogP contribution in [0.1, 0.15) is 49.2 Å². The zero-order valence-corrected chi connectivity index (χ0v) is 21.5. The van der Waals surface area contributed by atoms with Crippen molar-refractivity contribution < 1.29 is 4.79 Å². The third-order valence-corrected chi connectivity index (χ3v) is 6.79. The summed E-state index contributed by atoms with van der Waals surface area (Å²) in [4.78, 5) is 25.1. The fourth-order valence-corrected chi connectivity index (χ4v) is 4.71. The van der Waals surface area contributed by atoms with Crippen molar-refractivity contribution >= 4 is 11.7 Å². The molecule has 0 bridgehead atoms. The lowest BCUT2D eigenvalue weighted by Crippen LogP contribution is -2.52. The third-order valence-electron chi connectivity index (χ3n) is 6.79. The second-order valence-electron chi connectivity index (χ2n) is 10.6. The molecule has 1 atom stereocenters. The summed E-state index contributed by atoms with van der Waals surface area (Å²) in [6.07, 6.45) is 1.76. The van der Waals surface area contributed by atoms with Crippen molar-refractivity contribution in [2.45, 2.75) is 45.7 Å². The second-order valence-corrected chi connectivity index (χ2v) is 10.6. The lowest BCUT2D eigenvalue weighted by Gasteiger charge is -2.38. The number of anilines is 1. The number of nitrogens with zero attached hydrogens (tertiary/aromatic N) is 4. The van der Waals surface area contributed by atoms with Gasteiger partial charge in [-0.3, -0.25) is 19.5 Å². The van der Waals surface area contributed by atoms with E-state index in [0.29, 0.717) is 11.4 Å². The van der Waals surface area contributed by atoms with Crippen molar-refractivity contribution in [3.05, 3.63) is 95.7 Å². The number of hydrogen-bond donors (Lipinski definition) is 0. The minimum atomic E-state index is -0.000581. The average molecular weight is 471 g/mol. The molecule has 0 spiro atoms. The first-order valence-electron chi connectivity index (χ1n) is 12.6. The summed E-state index contributed by atoms with van der Waals surface area (Å²) in [7, 11) is 0. The normalized spacial score (nSPS) is 16.1. The Morgan fingerprint density at radius 2 is 1.51 bits per heavy atom. The van der Waals surface area contributed by atoms with E-state index in [1.807, 2.05) is 35.2 Å². The number of benzene rings is 2. The molecule has 2 aromatic carbocycles. The van der Waals surface area contributed by atoms with Crippen LogP contribution in [-0.2, 0) is 12.0 Å². The third kappa shape index (κ3) is 6.56. The maximum Gasteiger partial charge on any atom is 0.259 e. The number of aromatic nitrogens is 1. The first-order chi connectivity index (χ1) is 16.8. The van der Waals surface area contributed by atoms with Crippen LogP contribution < -0.4 is 4.90 Å². The average Bonchev–Trinajstić information content (AvgIpc) is 2.86. The largest absolute Gasteiger partial charge is 0.299 e. The Bertz CT molecular complexity index is 1070. The fraction of sp³-hybridized carbons (Fsp3) is 0.400. The van der Waals surface area contributed by atoms with E-state index in [-0.39, 0.29) is 17.4 Å². The highest BCUT2D eigenvalue weighted by Crippen LogP contribution is 2.24. The molecule has 1 unspecified atom stereocenters. The fourth-order valence-electron chi connectivity index (χ4n) is 4.71. The number of carbonyl (C=O) groups excluding carboxylic acids is 1. The molecule has 1 saturated heterocycles. The summed E-state index contributed by atoms with van der Waals surface area (Å²) in [5.74, 6) is 0.701. The Hall–Kier alpha value is -3.02. The predicted octanol–water partition coefficient (Wildman–Crippen LogP) is 5.23. The first kappa shape index (κ1) is 25.1. The van der Waals surface area contributed by atoms with Crippen molar-refractivity contribution in [2.24, 2.45) is 0 Å². The molecule has 1 aliphatic rings. The molecule has 1 fully saturated rings. The molecular weight excluding hydrogens is 432 g/mol. The van der Waals surface area contributed by atoms with Gasteiger partial charge in [0.05, 0.1) is 0 Å². The summed E-state index contributed by atoms with van der Waals surface area (Å²) < 4.78 is 0. The Labute approximate surface area is 210 Å². The van der Waals surface area contributed by atoms with E-state index in [1.54, 1.807) is 6.20 Å². The number of carbonyl (C=O) groups is 1. The van der Waals surface area contributed by atoms with Gasteiger partial charge in [0.2, 0.25) is 0 Å². The second kappa shape index (κ2) is 11.1. The van der Waals surface area contributed by atoms with Crippen LogP contribution in [0.5, 0.6) is 0 Å². The van der Waals surface area contributed by atoms with Crippen LogP contribution in [-0.4, -0.2) is 59.5 Å². The van der Waals surface area contributed by atoms with E-state index in [0.717, 1.165) is 39.3 Å². The van der Waals surface area contributed by atoms with Crippen molar-refractivity contribution in [2.75, 3.05) is 37.6 Å². The molecule has 3 aromatic rings. The smallest absolute Gasteiger partial charge is 0.259 e. The first-order valence-corrected chi connectivity index (χ1v) is 12.6. The Morgan fingerprint density at radius 1 is 0.886 bits per heavy atom. The zero-order chi connectivity index (χ0) is 24.8. The molecule has 1 amide bonds. The summed E-state index contributed by atoms with van der Waals surface area (Å²) in [5.41, 5.74) is 3.33. The molecule has 1 aliphatic heterocycles. The monoisotopic (exact) mass is 470 g/mol. The topological polar surface area (TPSA) is 39.7 Å². The molecule has 0 N–H and O–H groups in total. The van der Waals surface area contributed by atoms with Crippen LogP contribution in [0, 0.1) is 0 Å². The van der Waals surface area contributed by atoms with Crippen LogP contribution in [0.2, 0.25) is 0 Å². The number of pyridine rings is 1. The van der Waals surface area contributed by atoms with Gasteiger partial charge in [0.25, 0.3) is 5.91 Å². The lowest BCUT2D eigenvalue weighted by atomic mass is 9.86. The number of amides is 1. The quantitative estimate of drug-likeness (QED) is 0.474. The predicted molar refractivity (Wildman–Crippen MR) is 144 cm³/mol. The number of piperazine rings is 1. The number of hydrogen-bond acceptors (Lipinski definition) is 4. The molecule has 1 aromatic heterocycles. The number of rotatable bonds is 7. The van der Waals surface area contributed by atoms with Gasteiger partial charge >= 0.3 is 0 Å². The van der Waals surface area contributed by atoms with E-state index in [2.05, 4.69) is 84.9 Å². The summed E-state index contributed by atoms with van der Waals surface area (Å²) in [6, 6.07) is 24.5. The molecule has 5 heteroatoms. The summed E-state index contributed by atoms with van der Waals surface area (Å²) in [6.45, 7) is 14.6. The molecule has 0 radical (unpaired) electrons. The Kier molecular flexibility index (Phi) is 7.99. The molecule has 35 heavy (non-hydrogen) atoms. The molecule has 5 nitrogen and oxygen atoms in total. The van der Waals surface area contributed by atoms with Crippen molar-refractivity contribution in [3.8, 4) is 0 Å². The SMILES string of the molecule is CC(CN1CCN(Cc2ccccc2)CC1)N(C(=O)c1ccc(C(C)(C)C)cc1)c1ccccn1. The van der Waals surface area contributed by atoms with Gasteiger partial charge in [-0.1, -0.05) is 69.3 Å². The van der Waals surface area contributed by atoms with Crippen LogP contribution in [0.15, 0.2) is 79.0 Å². The maximum absolute atomic E-state index is 13.7. The van der Waals surface area contributed by atoms with Crippen LogP contribution in [0.25, 0.3) is 0 Å². The van der Waals surface area contributed by atoms with Gasteiger partial charge in [-0.15, -0.1) is 0 Å². The summed E-state index contributed by atoms with van der Waals surface area (Å²) >= 11 is 0. The standard InChI is InChI=1S/C30H38N4O/c1-24(22-32-18-20-33(21-19-32)23-25-10-6-5-7-11-25)34(28-12-8-9-17-31-28)29(35)26-13-15-27(16-14-26)30(2,3)4/h5-17,24H,18-23H2,1-4H3. The van der Waals surface area contributed by atoms with E-state index in [9.17, 15) is 4.79 Å². The molecule has 184 valence electrons. The Balaban J connectivity index is 1.43. The minimum Gasteiger partial charge on any atom is -0.299 e.